The second-order valence-electron chi connectivity index (χ2n) is 4.91. The number of rotatable bonds is 4. The highest BCUT2D eigenvalue weighted by atomic mass is 16.2. The highest BCUT2D eigenvalue weighted by Gasteiger charge is 2.48. The van der Waals surface area contributed by atoms with Gasteiger partial charge in [0.05, 0.1) is 0 Å². The Morgan fingerprint density at radius 2 is 1.82 bits per heavy atom. The number of carbonyl (C=O) groups is 3. The molecule has 1 atom stereocenters. The summed E-state index contributed by atoms with van der Waals surface area (Å²) in [6, 6.07) is -0.709. The predicted molar refractivity (Wildman–Crippen MR) is 63.2 cm³/mol. The van der Waals surface area contributed by atoms with Gasteiger partial charge in [-0.25, -0.2) is 4.79 Å². The van der Waals surface area contributed by atoms with Crippen molar-refractivity contribution in [3.05, 3.63) is 0 Å². The first-order valence-corrected chi connectivity index (χ1v) is 6.05. The Morgan fingerprint density at radius 1 is 1.24 bits per heavy atom. The second kappa shape index (κ2) is 4.85. The third kappa shape index (κ3) is 2.33. The molecule has 0 aromatic heterocycles. The number of imide groups is 2. The Morgan fingerprint density at radius 3 is 2.29 bits per heavy atom. The average molecular weight is 240 g/mol. The van der Waals surface area contributed by atoms with E-state index in [9.17, 15) is 14.4 Å². The van der Waals surface area contributed by atoms with Crippen LogP contribution in [0.4, 0.5) is 4.79 Å². The van der Waals surface area contributed by atoms with E-state index in [2.05, 4.69) is 5.32 Å². The minimum Gasteiger partial charge on any atom is -0.277 e. The van der Waals surface area contributed by atoms with Gasteiger partial charge in [-0.05, 0) is 26.7 Å². The molecular formula is C12H20N2O3. The number of hydrogen-bond acceptors (Lipinski definition) is 3. The van der Waals surface area contributed by atoms with Crippen LogP contribution in [0.25, 0.3) is 0 Å². The highest BCUT2D eigenvalue weighted by Crippen LogP contribution is 2.26. The SMILES string of the molecule is CCCC(CC)N1C(=O)NC(=O)C(C)(C)C1=O. The van der Waals surface area contributed by atoms with Crippen LogP contribution in [-0.4, -0.2) is 28.8 Å². The summed E-state index contributed by atoms with van der Waals surface area (Å²) in [4.78, 5) is 36.7. The summed E-state index contributed by atoms with van der Waals surface area (Å²) in [6.07, 6.45) is 2.36. The van der Waals surface area contributed by atoms with Crippen molar-refractivity contribution in [3.63, 3.8) is 0 Å². The Bertz CT molecular complexity index is 350. The molecule has 4 amide bonds. The van der Waals surface area contributed by atoms with Gasteiger partial charge in [0.25, 0.3) is 0 Å². The molecule has 1 fully saturated rings. The lowest BCUT2D eigenvalue weighted by Crippen LogP contribution is -2.64. The number of nitrogens with one attached hydrogen (secondary N) is 1. The first kappa shape index (κ1) is 13.7. The smallest absolute Gasteiger partial charge is 0.277 e. The zero-order valence-electron chi connectivity index (χ0n) is 10.9. The molecule has 5 nitrogen and oxygen atoms in total. The summed E-state index contributed by atoms with van der Waals surface area (Å²) in [5.41, 5.74) is -1.16. The fourth-order valence-corrected chi connectivity index (χ4v) is 1.98. The van der Waals surface area contributed by atoms with E-state index in [1.54, 1.807) is 13.8 Å². The molecule has 0 bridgehead atoms. The van der Waals surface area contributed by atoms with Gasteiger partial charge < -0.3 is 0 Å². The third-order valence-corrected chi connectivity index (χ3v) is 3.22. The van der Waals surface area contributed by atoms with Crippen molar-refractivity contribution >= 4 is 17.8 Å². The van der Waals surface area contributed by atoms with Crippen LogP contribution >= 0.6 is 0 Å². The molecule has 1 rings (SSSR count). The molecule has 1 N–H and O–H groups in total. The van der Waals surface area contributed by atoms with Gasteiger partial charge in [-0.1, -0.05) is 20.3 Å². The monoisotopic (exact) mass is 240 g/mol. The van der Waals surface area contributed by atoms with Crippen molar-refractivity contribution in [1.29, 1.82) is 0 Å². The summed E-state index contributed by atoms with van der Waals surface area (Å²) in [6.45, 7) is 7.03. The molecule has 1 aliphatic rings. The molecule has 17 heavy (non-hydrogen) atoms. The van der Waals surface area contributed by atoms with Crippen LogP contribution in [-0.2, 0) is 9.59 Å². The van der Waals surface area contributed by atoms with E-state index in [1.165, 1.54) is 4.90 Å². The van der Waals surface area contributed by atoms with Gasteiger partial charge in [0, 0.05) is 6.04 Å². The number of carbonyl (C=O) groups excluding carboxylic acids is 3. The van der Waals surface area contributed by atoms with Crippen molar-refractivity contribution in [2.24, 2.45) is 5.41 Å². The van der Waals surface area contributed by atoms with Gasteiger partial charge in [-0.15, -0.1) is 0 Å². The summed E-state index contributed by atoms with van der Waals surface area (Å²) in [7, 11) is 0. The van der Waals surface area contributed by atoms with Gasteiger partial charge in [0.2, 0.25) is 11.8 Å². The highest BCUT2D eigenvalue weighted by molar-refractivity contribution is 6.18. The van der Waals surface area contributed by atoms with E-state index in [0.717, 1.165) is 12.8 Å². The number of barbiturate groups is 1. The van der Waals surface area contributed by atoms with E-state index in [0.29, 0.717) is 6.42 Å². The summed E-state index contributed by atoms with van der Waals surface area (Å²) >= 11 is 0. The molecule has 1 unspecified atom stereocenters. The van der Waals surface area contributed by atoms with Gasteiger partial charge in [-0.3, -0.25) is 19.8 Å². The predicted octanol–water partition coefficient (Wildman–Crippen LogP) is 1.67. The lowest BCUT2D eigenvalue weighted by molar-refractivity contribution is -0.150. The number of amides is 4. The fourth-order valence-electron chi connectivity index (χ4n) is 1.98. The van der Waals surface area contributed by atoms with E-state index < -0.39 is 23.3 Å². The average Bonchev–Trinajstić information content (AvgIpc) is 2.26. The zero-order chi connectivity index (χ0) is 13.2. The largest absolute Gasteiger partial charge is 0.331 e. The van der Waals surface area contributed by atoms with Crippen LogP contribution < -0.4 is 5.32 Å². The molecule has 0 radical (unpaired) electrons. The van der Waals surface area contributed by atoms with E-state index in [1.807, 2.05) is 13.8 Å². The van der Waals surface area contributed by atoms with Crippen LogP contribution in [0.3, 0.4) is 0 Å². The van der Waals surface area contributed by atoms with Gasteiger partial charge >= 0.3 is 6.03 Å². The third-order valence-electron chi connectivity index (χ3n) is 3.22. The van der Waals surface area contributed by atoms with E-state index >= 15 is 0 Å². The summed E-state index contributed by atoms with van der Waals surface area (Å²) in [5, 5.41) is 2.25. The minimum atomic E-state index is -1.16. The Labute approximate surface area is 102 Å². The molecule has 96 valence electrons. The summed E-state index contributed by atoms with van der Waals surface area (Å²) < 4.78 is 0. The molecule has 0 saturated carbocycles. The molecule has 0 aliphatic carbocycles. The van der Waals surface area contributed by atoms with Crippen molar-refractivity contribution < 1.29 is 14.4 Å². The second-order valence-corrected chi connectivity index (χ2v) is 4.91. The van der Waals surface area contributed by atoms with Crippen LogP contribution in [0.1, 0.15) is 47.0 Å². The van der Waals surface area contributed by atoms with Crippen molar-refractivity contribution in [2.75, 3.05) is 0 Å². The van der Waals surface area contributed by atoms with Gasteiger partial charge in [-0.2, -0.15) is 0 Å². The Kier molecular flexibility index (Phi) is 3.91. The maximum atomic E-state index is 12.2. The quantitative estimate of drug-likeness (QED) is 0.760. The molecule has 1 heterocycles. The maximum absolute atomic E-state index is 12.2. The first-order valence-electron chi connectivity index (χ1n) is 6.05. The molecule has 0 spiro atoms. The van der Waals surface area contributed by atoms with Crippen LogP contribution in [0.5, 0.6) is 0 Å². The normalized spacial score (nSPS) is 21.4. The number of urea groups is 1. The van der Waals surface area contributed by atoms with Crippen LogP contribution in [0.2, 0.25) is 0 Å². The lowest BCUT2D eigenvalue weighted by atomic mass is 9.87. The van der Waals surface area contributed by atoms with Gasteiger partial charge in [0.15, 0.2) is 0 Å². The van der Waals surface area contributed by atoms with Gasteiger partial charge in [0.1, 0.15) is 5.41 Å². The fraction of sp³-hybridized carbons (Fsp3) is 0.750. The zero-order valence-corrected chi connectivity index (χ0v) is 10.9. The van der Waals surface area contributed by atoms with Crippen LogP contribution in [0.15, 0.2) is 0 Å². The molecule has 0 aromatic rings. The molecule has 1 saturated heterocycles. The van der Waals surface area contributed by atoms with Crippen LogP contribution in [0, 0.1) is 5.41 Å². The van der Waals surface area contributed by atoms with E-state index in [-0.39, 0.29) is 6.04 Å². The standard InChI is InChI=1S/C12H20N2O3/c1-5-7-8(6-2)14-10(16)12(3,4)9(15)13-11(14)17/h8H,5-7H2,1-4H3,(H,13,15,17). The summed E-state index contributed by atoms with van der Waals surface area (Å²) in [5.74, 6) is -0.915. The number of hydrogen-bond donors (Lipinski definition) is 1. The first-order chi connectivity index (χ1) is 7.86. The molecule has 0 aromatic carbocycles. The molecular weight excluding hydrogens is 220 g/mol. The maximum Gasteiger partial charge on any atom is 0.331 e. The number of nitrogens with zero attached hydrogens (tertiary/aromatic N) is 1. The molecule has 1 aliphatic heterocycles. The van der Waals surface area contributed by atoms with Crippen molar-refractivity contribution in [2.45, 2.75) is 53.0 Å². The van der Waals surface area contributed by atoms with E-state index in [4.69, 9.17) is 0 Å². The Hall–Kier alpha value is -1.39. The lowest BCUT2D eigenvalue weighted by Gasteiger charge is -2.38. The topological polar surface area (TPSA) is 66.5 Å². The Balaban J connectivity index is 3.01. The van der Waals surface area contributed by atoms with Crippen molar-refractivity contribution in [3.8, 4) is 0 Å². The minimum absolute atomic E-state index is 0.125. The molecule has 5 heteroatoms. The van der Waals surface area contributed by atoms with Crippen molar-refractivity contribution in [1.82, 2.24) is 10.2 Å².